The molecule has 1 aliphatic rings. The van der Waals surface area contributed by atoms with E-state index in [1.165, 1.54) is 4.31 Å². The summed E-state index contributed by atoms with van der Waals surface area (Å²) in [4.78, 5) is 0. The lowest BCUT2D eigenvalue weighted by molar-refractivity contribution is 0.482. The molecule has 0 aromatic heterocycles. The molecule has 0 atom stereocenters. The van der Waals surface area contributed by atoms with Crippen LogP contribution in [0.4, 0.5) is 5.69 Å². The first-order valence-corrected chi connectivity index (χ1v) is 7.16. The smallest absolute Gasteiger partial charge is 0.301 e. The maximum Gasteiger partial charge on any atom is 0.301 e. The Bertz CT molecular complexity index is 550. The summed E-state index contributed by atoms with van der Waals surface area (Å²) < 4.78 is 28.1. The van der Waals surface area contributed by atoms with Crippen molar-refractivity contribution in [2.75, 3.05) is 17.8 Å². The van der Waals surface area contributed by atoms with E-state index in [1.54, 1.807) is 24.3 Å². The predicted molar refractivity (Wildman–Crippen MR) is 70.8 cm³/mol. The number of hydrogen-bond acceptors (Lipinski definition) is 3. The summed E-state index contributed by atoms with van der Waals surface area (Å²) in [5, 5.41) is 7.42. The monoisotopic (exact) mass is 268 g/mol. The fourth-order valence-electron chi connectivity index (χ4n) is 1.94. The van der Waals surface area contributed by atoms with Gasteiger partial charge >= 0.3 is 10.2 Å². The van der Waals surface area contributed by atoms with Crippen molar-refractivity contribution in [3.8, 4) is 0 Å². The van der Waals surface area contributed by atoms with Crippen LogP contribution in [0, 0.1) is 5.41 Å². The quantitative estimate of drug-likeness (QED) is 0.554. The molecule has 6 nitrogen and oxygen atoms in total. The van der Waals surface area contributed by atoms with E-state index >= 15 is 0 Å². The minimum Gasteiger partial charge on any atom is -0.384 e. The van der Waals surface area contributed by atoms with Gasteiger partial charge in [0.1, 0.15) is 5.84 Å². The summed E-state index contributed by atoms with van der Waals surface area (Å²) in [7, 11) is -3.54. The molecule has 0 saturated carbocycles. The molecule has 0 amide bonds. The van der Waals surface area contributed by atoms with E-state index in [0.29, 0.717) is 24.3 Å². The summed E-state index contributed by atoms with van der Waals surface area (Å²) in [6.07, 6.45) is 1.77. The van der Waals surface area contributed by atoms with E-state index in [2.05, 4.69) is 4.72 Å². The Labute approximate surface area is 106 Å². The lowest BCUT2D eigenvalue weighted by atomic mass is 10.2. The highest BCUT2D eigenvalue weighted by molar-refractivity contribution is 7.90. The summed E-state index contributed by atoms with van der Waals surface area (Å²) >= 11 is 0. The molecule has 4 N–H and O–H groups in total. The third-order valence-electron chi connectivity index (χ3n) is 2.86. The van der Waals surface area contributed by atoms with Crippen molar-refractivity contribution in [3.63, 3.8) is 0 Å². The van der Waals surface area contributed by atoms with Gasteiger partial charge in [0, 0.05) is 18.7 Å². The summed E-state index contributed by atoms with van der Waals surface area (Å²) in [6.45, 7) is 1.08. The molecule has 0 spiro atoms. The van der Waals surface area contributed by atoms with Crippen LogP contribution < -0.4 is 10.5 Å². The molecular weight excluding hydrogens is 252 g/mol. The lowest BCUT2D eigenvalue weighted by Gasteiger charge is -2.18. The zero-order valence-corrected chi connectivity index (χ0v) is 10.7. The normalized spacial score (nSPS) is 16.7. The first-order chi connectivity index (χ1) is 8.50. The highest BCUT2D eigenvalue weighted by atomic mass is 32.2. The van der Waals surface area contributed by atoms with Crippen molar-refractivity contribution in [2.45, 2.75) is 12.8 Å². The van der Waals surface area contributed by atoms with Gasteiger partial charge in [-0.2, -0.15) is 12.7 Å². The highest BCUT2D eigenvalue weighted by Crippen LogP contribution is 2.19. The highest BCUT2D eigenvalue weighted by Gasteiger charge is 2.25. The summed E-state index contributed by atoms with van der Waals surface area (Å²) in [5.74, 6) is -0.158. The zero-order chi connectivity index (χ0) is 13.2. The number of hydrogen-bond donors (Lipinski definition) is 3. The molecule has 98 valence electrons. The van der Waals surface area contributed by atoms with Crippen LogP contribution in [0.1, 0.15) is 18.4 Å². The van der Waals surface area contributed by atoms with Gasteiger partial charge in [-0.05, 0) is 25.0 Å². The Morgan fingerprint density at radius 3 is 2.50 bits per heavy atom. The van der Waals surface area contributed by atoms with Crippen molar-refractivity contribution >= 4 is 21.7 Å². The van der Waals surface area contributed by atoms with Gasteiger partial charge in [0.2, 0.25) is 0 Å². The minimum atomic E-state index is -3.54. The average Bonchev–Trinajstić information content (AvgIpc) is 2.83. The Kier molecular flexibility index (Phi) is 3.53. The topological polar surface area (TPSA) is 99.3 Å². The second-order valence-corrected chi connectivity index (χ2v) is 5.84. The number of benzene rings is 1. The number of nitrogens with one attached hydrogen (secondary N) is 2. The van der Waals surface area contributed by atoms with E-state index in [0.717, 1.165) is 12.8 Å². The molecular formula is C11H16N4O2S. The van der Waals surface area contributed by atoms with Crippen LogP contribution in [-0.4, -0.2) is 31.6 Å². The molecule has 1 aromatic rings. The molecule has 18 heavy (non-hydrogen) atoms. The lowest BCUT2D eigenvalue weighted by Crippen LogP contribution is -2.34. The Hall–Kier alpha value is -1.60. The first-order valence-electron chi connectivity index (χ1n) is 5.72. The molecule has 1 fully saturated rings. The molecule has 7 heteroatoms. The Balaban J connectivity index is 2.26. The number of nitrogens with zero attached hydrogens (tertiary/aromatic N) is 1. The van der Waals surface area contributed by atoms with Crippen LogP contribution in [0.15, 0.2) is 24.3 Å². The van der Waals surface area contributed by atoms with Crippen molar-refractivity contribution < 1.29 is 8.42 Å². The first kappa shape index (κ1) is 12.8. The van der Waals surface area contributed by atoms with Crippen LogP contribution in [0.5, 0.6) is 0 Å². The largest absolute Gasteiger partial charge is 0.384 e. The standard InChI is InChI=1S/C11H16N4O2S/c12-11(13)9-5-1-2-6-10(9)14-18(16,17)15-7-3-4-8-15/h1-2,5-6,14H,3-4,7-8H2,(H3,12,13). The van der Waals surface area contributed by atoms with Crippen molar-refractivity contribution in [1.82, 2.24) is 4.31 Å². The Morgan fingerprint density at radius 2 is 1.89 bits per heavy atom. The molecule has 1 aliphatic heterocycles. The second-order valence-electron chi connectivity index (χ2n) is 4.17. The van der Waals surface area contributed by atoms with Crippen molar-refractivity contribution in [1.29, 1.82) is 5.41 Å². The third kappa shape index (κ3) is 2.62. The molecule has 1 saturated heterocycles. The molecule has 0 radical (unpaired) electrons. The molecule has 0 aliphatic carbocycles. The van der Waals surface area contributed by atoms with Crippen LogP contribution in [-0.2, 0) is 10.2 Å². The van der Waals surface area contributed by atoms with Gasteiger partial charge in [-0.15, -0.1) is 0 Å². The number of rotatable bonds is 4. The molecule has 1 heterocycles. The fraction of sp³-hybridized carbons (Fsp3) is 0.364. The number of nitrogen functional groups attached to an aromatic ring is 1. The van der Waals surface area contributed by atoms with E-state index in [1.807, 2.05) is 0 Å². The number of anilines is 1. The third-order valence-corrected chi connectivity index (χ3v) is 4.38. The van der Waals surface area contributed by atoms with Gasteiger partial charge in [0.25, 0.3) is 0 Å². The number of nitrogens with two attached hydrogens (primary N) is 1. The van der Waals surface area contributed by atoms with Gasteiger partial charge in [0.15, 0.2) is 0 Å². The van der Waals surface area contributed by atoms with Gasteiger partial charge in [-0.25, -0.2) is 0 Å². The van der Waals surface area contributed by atoms with Crippen LogP contribution in [0.3, 0.4) is 0 Å². The van der Waals surface area contributed by atoms with Gasteiger partial charge in [0.05, 0.1) is 5.69 Å². The molecule has 2 rings (SSSR count). The summed E-state index contributed by atoms with van der Waals surface area (Å²) in [6, 6.07) is 6.63. The maximum absolute atomic E-state index is 12.1. The predicted octanol–water partition coefficient (Wildman–Crippen LogP) is 0.723. The molecule has 1 aromatic carbocycles. The van der Waals surface area contributed by atoms with E-state index in [4.69, 9.17) is 11.1 Å². The zero-order valence-electron chi connectivity index (χ0n) is 9.89. The van der Waals surface area contributed by atoms with Crippen LogP contribution in [0.2, 0.25) is 0 Å². The molecule has 0 bridgehead atoms. The maximum atomic E-state index is 12.1. The molecule has 0 unspecified atom stereocenters. The van der Waals surface area contributed by atoms with Gasteiger partial charge < -0.3 is 5.73 Å². The second kappa shape index (κ2) is 4.95. The van der Waals surface area contributed by atoms with E-state index < -0.39 is 10.2 Å². The van der Waals surface area contributed by atoms with E-state index in [9.17, 15) is 8.42 Å². The van der Waals surface area contributed by atoms with Gasteiger partial charge in [-0.1, -0.05) is 12.1 Å². The number of para-hydroxylation sites is 1. The van der Waals surface area contributed by atoms with E-state index in [-0.39, 0.29) is 5.84 Å². The van der Waals surface area contributed by atoms with Crippen LogP contribution in [0.25, 0.3) is 0 Å². The van der Waals surface area contributed by atoms with Gasteiger partial charge in [-0.3, -0.25) is 10.1 Å². The van der Waals surface area contributed by atoms with Crippen molar-refractivity contribution in [3.05, 3.63) is 29.8 Å². The SMILES string of the molecule is N=C(N)c1ccccc1NS(=O)(=O)N1CCCC1. The summed E-state index contributed by atoms with van der Waals surface area (Å²) in [5.41, 5.74) is 6.16. The minimum absolute atomic E-state index is 0.158. The van der Waals surface area contributed by atoms with Crippen LogP contribution >= 0.6 is 0 Å². The fourth-order valence-corrected chi connectivity index (χ4v) is 3.26. The van der Waals surface area contributed by atoms with Crippen molar-refractivity contribution in [2.24, 2.45) is 5.73 Å². The number of amidine groups is 1. The average molecular weight is 268 g/mol. The Morgan fingerprint density at radius 1 is 1.28 bits per heavy atom.